The van der Waals surface area contributed by atoms with Crippen molar-refractivity contribution in [3.8, 4) is 0 Å². The second kappa shape index (κ2) is 8.53. The van der Waals surface area contributed by atoms with Gasteiger partial charge < -0.3 is 10.2 Å². The summed E-state index contributed by atoms with van der Waals surface area (Å²) in [6.07, 6.45) is 6.12. The molecule has 1 saturated heterocycles. The van der Waals surface area contributed by atoms with Crippen LogP contribution in [0, 0.1) is 6.92 Å². The number of aryl methyl sites for hydroxylation is 1. The minimum Gasteiger partial charge on any atom is -0.352 e. The van der Waals surface area contributed by atoms with Gasteiger partial charge in [-0.05, 0) is 38.1 Å². The van der Waals surface area contributed by atoms with Crippen LogP contribution in [0.3, 0.4) is 0 Å². The number of aromatic nitrogens is 3. The fraction of sp³-hybridized carbons (Fsp3) is 0.444. The molecule has 0 aromatic carbocycles. The maximum absolute atomic E-state index is 12.0. The summed E-state index contributed by atoms with van der Waals surface area (Å²) in [4.78, 5) is 29.4. The molecule has 0 unspecified atom stereocenters. The third-order valence-electron chi connectivity index (χ3n) is 4.32. The van der Waals surface area contributed by atoms with Gasteiger partial charge in [0.2, 0.25) is 5.95 Å². The molecule has 1 N–H and O–H groups in total. The van der Waals surface area contributed by atoms with E-state index in [2.05, 4.69) is 30.1 Å². The van der Waals surface area contributed by atoms with Gasteiger partial charge in [0.15, 0.2) is 0 Å². The van der Waals surface area contributed by atoms with E-state index in [1.165, 1.54) is 0 Å². The number of carbonyl (C=O) groups is 1. The normalized spacial score (nSPS) is 15.2. The van der Waals surface area contributed by atoms with Gasteiger partial charge in [0.25, 0.3) is 5.91 Å². The van der Waals surface area contributed by atoms with E-state index in [4.69, 9.17) is 0 Å². The first kappa shape index (κ1) is 17.3. The lowest BCUT2D eigenvalue weighted by Gasteiger charge is -2.34. The Labute approximate surface area is 148 Å². The summed E-state index contributed by atoms with van der Waals surface area (Å²) < 4.78 is 0. The molecule has 1 aliphatic heterocycles. The summed E-state index contributed by atoms with van der Waals surface area (Å²) in [7, 11) is 0. The van der Waals surface area contributed by atoms with Crippen molar-refractivity contribution in [1.29, 1.82) is 0 Å². The highest BCUT2D eigenvalue weighted by Crippen LogP contribution is 2.09. The monoisotopic (exact) mass is 340 g/mol. The molecule has 0 bridgehead atoms. The van der Waals surface area contributed by atoms with Gasteiger partial charge in [-0.2, -0.15) is 0 Å². The van der Waals surface area contributed by atoms with Crippen molar-refractivity contribution >= 4 is 11.9 Å². The molecular weight excluding hydrogens is 316 g/mol. The molecule has 3 rings (SSSR count). The lowest BCUT2D eigenvalue weighted by Crippen LogP contribution is -2.47. The van der Waals surface area contributed by atoms with Crippen LogP contribution in [0.25, 0.3) is 0 Å². The van der Waals surface area contributed by atoms with Crippen molar-refractivity contribution in [1.82, 2.24) is 25.2 Å². The molecule has 7 nitrogen and oxygen atoms in total. The smallest absolute Gasteiger partial charge is 0.252 e. The second-order valence-electron chi connectivity index (χ2n) is 6.18. The van der Waals surface area contributed by atoms with Gasteiger partial charge in [0.05, 0.1) is 5.56 Å². The summed E-state index contributed by atoms with van der Waals surface area (Å²) in [5.74, 6) is 0.750. The van der Waals surface area contributed by atoms with E-state index >= 15 is 0 Å². The van der Waals surface area contributed by atoms with Gasteiger partial charge in [-0.3, -0.25) is 14.7 Å². The number of piperazine rings is 1. The number of nitrogens with one attached hydrogen (secondary N) is 1. The second-order valence-corrected chi connectivity index (χ2v) is 6.18. The molecule has 7 heteroatoms. The van der Waals surface area contributed by atoms with Crippen LogP contribution >= 0.6 is 0 Å². The molecule has 1 aliphatic rings. The van der Waals surface area contributed by atoms with Crippen LogP contribution in [-0.2, 0) is 0 Å². The van der Waals surface area contributed by atoms with Crippen molar-refractivity contribution in [3.63, 3.8) is 0 Å². The summed E-state index contributed by atoms with van der Waals surface area (Å²) in [5, 5.41) is 2.96. The first-order valence-electron chi connectivity index (χ1n) is 8.67. The molecule has 132 valence electrons. The predicted molar refractivity (Wildman–Crippen MR) is 96.6 cm³/mol. The minimum absolute atomic E-state index is 0.0569. The van der Waals surface area contributed by atoms with Crippen LogP contribution < -0.4 is 10.2 Å². The van der Waals surface area contributed by atoms with Crippen LogP contribution in [0.1, 0.15) is 22.5 Å². The Morgan fingerprint density at radius 3 is 2.56 bits per heavy atom. The number of pyridine rings is 1. The van der Waals surface area contributed by atoms with Gasteiger partial charge in [-0.25, -0.2) is 9.97 Å². The Balaban J connectivity index is 1.34. The average molecular weight is 340 g/mol. The molecule has 25 heavy (non-hydrogen) atoms. The Bertz CT molecular complexity index is 668. The Morgan fingerprint density at radius 1 is 1.12 bits per heavy atom. The molecule has 1 amide bonds. The topological polar surface area (TPSA) is 74.2 Å². The Kier molecular flexibility index (Phi) is 5.90. The van der Waals surface area contributed by atoms with E-state index in [1.54, 1.807) is 18.6 Å². The van der Waals surface area contributed by atoms with Gasteiger partial charge in [0, 0.05) is 57.0 Å². The molecule has 0 saturated carbocycles. The first-order valence-corrected chi connectivity index (χ1v) is 8.67. The highest BCUT2D eigenvalue weighted by Gasteiger charge is 2.18. The first-order chi connectivity index (χ1) is 12.2. The zero-order chi connectivity index (χ0) is 17.5. The third kappa shape index (κ3) is 4.96. The van der Waals surface area contributed by atoms with Gasteiger partial charge in [0.1, 0.15) is 0 Å². The molecule has 2 aromatic heterocycles. The Hall–Kier alpha value is -2.54. The Morgan fingerprint density at radius 2 is 1.88 bits per heavy atom. The van der Waals surface area contributed by atoms with E-state index < -0.39 is 0 Å². The summed E-state index contributed by atoms with van der Waals surface area (Å²) >= 11 is 0. The van der Waals surface area contributed by atoms with Gasteiger partial charge in [-0.1, -0.05) is 0 Å². The van der Waals surface area contributed by atoms with Crippen LogP contribution in [0.5, 0.6) is 0 Å². The lowest BCUT2D eigenvalue weighted by molar-refractivity contribution is 0.0951. The molecule has 0 spiro atoms. The minimum atomic E-state index is -0.0569. The molecule has 0 atom stereocenters. The molecule has 2 aromatic rings. The number of carbonyl (C=O) groups excluding carboxylic acids is 1. The molecular formula is C18H24N6O. The van der Waals surface area contributed by atoms with Crippen molar-refractivity contribution in [2.45, 2.75) is 13.3 Å². The fourth-order valence-corrected chi connectivity index (χ4v) is 2.83. The summed E-state index contributed by atoms with van der Waals surface area (Å²) in [6.45, 7) is 7.43. The van der Waals surface area contributed by atoms with E-state index in [-0.39, 0.29) is 5.91 Å². The molecule has 1 fully saturated rings. The van der Waals surface area contributed by atoms with Crippen molar-refractivity contribution in [2.75, 3.05) is 44.2 Å². The van der Waals surface area contributed by atoms with E-state index in [9.17, 15) is 4.79 Å². The number of nitrogens with zero attached hydrogens (tertiary/aromatic N) is 5. The predicted octanol–water partition coefficient (Wildman–Crippen LogP) is 1.12. The van der Waals surface area contributed by atoms with Crippen molar-refractivity contribution < 1.29 is 4.79 Å². The van der Waals surface area contributed by atoms with Gasteiger partial charge >= 0.3 is 0 Å². The van der Waals surface area contributed by atoms with Crippen molar-refractivity contribution in [2.24, 2.45) is 0 Å². The highest BCUT2D eigenvalue weighted by atomic mass is 16.1. The third-order valence-corrected chi connectivity index (χ3v) is 4.32. The summed E-state index contributed by atoms with van der Waals surface area (Å²) in [5.41, 5.74) is 1.53. The highest BCUT2D eigenvalue weighted by molar-refractivity contribution is 5.93. The standard InChI is InChI=1S/C18H24N6O/c1-15-4-5-16(14-22-15)17(25)19-8-3-9-23-10-12-24(13-11-23)18-20-6-2-7-21-18/h2,4-7,14H,3,8-13H2,1H3,(H,19,25). The van der Waals surface area contributed by atoms with Crippen LogP contribution in [0.4, 0.5) is 5.95 Å². The zero-order valence-electron chi connectivity index (χ0n) is 14.6. The van der Waals surface area contributed by atoms with E-state index in [0.717, 1.165) is 50.8 Å². The maximum atomic E-state index is 12.0. The van der Waals surface area contributed by atoms with E-state index in [0.29, 0.717) is 12.1 Å². The maximum Gasteiger partial charge on any atom is 0.252 e. The average Bonchev–Trinajstić information content (AvgIpc) is 2.67. The molecule has 0 radical (unpaired) electrons. The number of anilines is 1. The zero-order valence-corrected chi connectivity index (χ0v) is 14.6. The molecule has 3 heterocycles. The largest absolute Gasteiger partial charge is 0.352 e. The number of hydrogen-bond acceptors (Lipinski definition) is 6. The van der Waals surface area contributed by atoms with Crippen LogP contribution in [0.2, 0.25) is 0 Å². The number of rotatable bonds is 6. The fourth-order valence-electron chi connectivity index (χ4n) is 2.83. The summed E-state index contributed by atoms with van der Waals surface area (Å²) in [6, 6.07) is 5.49. The van der Waals surface area contributed by atoms with Crippen molar-refractivity contribution in [3.05, 3.63) is 48.0 Å². The van der Waals surface area contributed by atoms with Gasteiger partial charge in [-0.15, -0.1) is 0 Å². The van der Waals surface area contributed by atoms with E-state index in [1.807, 2.05) is 25.1 Å². The van der Waals surface area contributed by atoms with Crippen LogP contribution in [-0.4, -0.2) is 65.0 Å². The quantitative estimate of drug-likeness (QED) is 0.795. The lowest BCUT2D eigenvalue weighted by atomic mass is 10.2. The number of hydrogen-bond donors (Lipinski definition) is 1. The van der Waals surface area contributed by atoms with Crippen LogP contribution in [0.15, 0.2) is 36.8 Å². The number of amides is 1. The SMILES string of the molecule is Cc1ccc(C(=O)NCCCN2CCN(c3ncccn3)CC2)cn1. The molecule has 0 aliphatic carbocycles.